The van der Waals surface area contributed by atoms with Crippen molar-refractivity contribution in [2.24, 2.45) is 10.9 Å². The SMILES string of the molecule is CC(=NCc1cnccn1)C(C)C. The van der Waals surface area contributed by atoms with Crippen molar-refractivity contribution in [3.63, 3.8) is 0 Å². The fourth-order valence-electron chi connectivity index (χ4n) is 0.800. The lowest BCUT2D eigenvalue weighted by Gasteiger charge is -2.02. The lowest BCUT2D eigenvalue weighted by Crippen LogP contribution is -2.02. The molecule has 0 amide bonds. The van der Waals surface area contributed by atoms with Gasteiger partial charge in [-0.25, -0.2) is 0 Å². The molecule has 0 aliphatic rings. The Hall–Kier alpha value is -1.25. The van der Waals surface area contributed by atoms with E-state index in [9.17, 15) is 0 Å². The van der Waals surface area contributed by atoms with Gasteiger partial charge in [0.15, 0.2) is 0 Å². The van der Waals surface area contributed by atoms with Gasteiger partial charge in [-0.1, -0.05) is 13.8 Å². The van der Waals surface area contributed by atoms with Crippen molar-refractivity contribution in [3.8, 4) is 0 Å². The molecule has 70 valence electrons. The Labute approximate surface area is 79.0 Å². The van der Waals surface area contributed by atoms with E-state index in [1.54, 1.807) is 18.6 Å². The van der Waals surface area contributed by atoms with E-state index in [4.69, 9.17) is 0 Å². The first-order valence-electron chi connectivity index (χ1n) is 4.46. The molecule has 1 rings (SSSR count). The Morgan fingerprint density at radius 1 is 1.46 bits per heavy atom. The normalized spacial score (nSPS) is 12.2. The van der Waals surface area contributed by atoms with Gasteiger partial charge >= 0.3 is 0 Å². The molecule has 0 aliphatic carbocycles. The monoisotopic (exact) mass is 177 g/mol. The van der Waals surface area contributed by atoms with E-state index in [1.807, 2.05) is 6.92 Å². The molecular weight excluding hydrogens is 162 g/mol. The maximum absolute atomic E-state index is 4.41. The third kappa shape index (κ3) is 3.32. The fraction of sp³-hybridized carbons (Fsp3) is 0.500. The summed E-state index contributed by atoms with van der Waals surface area (Å²) in [5, 5.41) is 0. The molecule has 0 N–H and O–H groups in total. The summed E-state index contributed by atoms with van der Waals surface area (Å²) >= 11 is 0. The van der Waals surface area contributed by atoms with Gasteiger partial charge in [0.2, 0.25) is 0 Å². The molecule has 1 heterocycles. The highest BCUT2D eigenvalue weighted by atomic mass is 14.8. The van der Waals surface area contributed by atoms with Crippen molar-refractivity contribution in [1.82, 2.24) is 9.97 Å². The van der Waals surface area contributed by atoms with E-state index in [-0.39, 0.29) is 0 Å². The summed E-state index contributed by atoms with van der Waals surface area (Å²) in [7, 11) is 0. The maximum Gasteiger partial charge on any atom is 0.0826 e. The van der Waals surface area contributed by atoms with Crippen LogP contribution >= 0.6 is 0 Å². The van der Waals surface area contributed by atoms with Crippen LogP contribution in [0.1, 0.15) is 26.5 Å². The summed E-state index contributed by atoms with van der Waals surface area (Å²) in [5.41, 5.74) is 2.08. The van der Waals surface area contributed by atoms with Crippen LogP contribution in [0.5, 0.6) is 0 Å². The van der Waals surface area contributed by atoms with Crippen LogP contribution in [0.15, 0.2) is 23.6 Å². The minimum absolute atomic E-state index is 0.511. The zero-order chi connectivity index (χ0) is 9.68. The number of aromatic nitrogens is 2. The first kappa shape index (κ1) is 9.84. The summed E-state index contributed by atoms with van der Waals surface area (Å²) in [6.07, 6.45) is 5.11. The number of nitrogens with zero attached hydrogens (tertiary/aromatic N) is 3. The standard InChI is InChI=1S/C10H15N3/c1-8(2)9(3)13-7-10-6-11-4-5-12-10/h4-6,8H,7H2,1-3H3. The van der Waals surface area contributed by atoms with E-state index >= 15 is 0 Å². The molecule has 0 radical (unpaired) electrons. The second-order valence-electron chi connectivity index (χ2n) is 3.31. The molecule has 3 nitrogen and oxygen atoms in total. The fourth-order valence-corrected chi connectivity index (χ4v) is 0.800. The Balaban J connectivity index is 2.57. The molecule has 0 aromatic carbocycles. The quantitative estimate of drug-likeness (QED) is 0.663. The average Bonchev–Trinajstić information content (AvgIpc) is 2.15. The third-order valence-electron chi connectivity index (χ3n) is 1.94. The molecule has 3 heteroatoms. The molecule has 0 aliphatic heterocycles. The van der Waals surface area contributed by atoms with Gasteiger partial charge in [0, 0.05) is 18.1 Å². The molecule has 0 fully saturated rings. The molecule has 0 unspecified atom stereocenters. The molecule has 0 saturated heterocycles. The second kappa shape index (κ2) is 4.70. The van der Waals surface area contributed by atoms with Crippen LogP contribution in [0, 0.1) is 5.92 Å². The highest BCUT2D eigenvalue weighted by Gasteiger charge is 1.97. The van der Waals surface area contributed by atoms with Gasteiger partial charge < -0.3 is 0 Å². The van der Waals surface area contributed by atoms with Crippen molar-refractivity contribution < 1.29 is 0 Å². The van der Waals surface area contributed by atoms with Crippen molar-refractivity contribution in [1.29, 1.82) is 0 Å². The van der Waals surface area contributed by atoms with Crippen LogP contribution in [-0.4, -0.2) is 15.7 Å². The molecule has 1 aromatic heterocycles. The van der Waals surface area contributed by atoms with Gasteiger partial charge in [-0.05, 0) is 12.8 Å². The van der Waals surface area contributed by atoms with E-state index in [0.717, 1.165) is 11.4 Å². The average molecular weight is 177 g/mol. The number of hydrogen-bond donors (Lipinski definition) is 0. The minimum atomic E-state index is 0.511. The zero-order valence-electron chi connectivity index (χ0n) is 8.36. The second-order valence-corrected chi connectivity index (χ2v) is 3.31. The zero-order valence-corrected chi connectivity index (χ0v) is 8.36. The predicted molar refractivity (Wildman–Crippen MR) is 53.7 cm³/mol. The van der Waals surface area contributed by atoms with Crippen molar-refractivity contribution >= 4 is 5.71 Å². The van der Waals surface area contributed by atoms with E-state index < -0.39 is 0 Å². The summed E-state index contributed by atoms with van der Waals surface area (Å²) in [5.74, 6) is 0.511. The van der Waals surface area contributed by atoms with Gasteiger partial charge in [-0.3, -0.25) is 15.0 Å². The molecule has 13 heavy (non-hydrogen) atoms. The predicted octanol–water partition coefficient (Wildman–Crippen LogP) is 2.09. The molecular formula is C10H15N3. The van der Waals surface area contributed by atoms with Gasteiger partial charge in [-0.15, -0.1) is 0 Å². The smallest absolute Gasteiger partial charge is 0.0826 e. The molecule has 0 bridgehead atoms. The lowest BCUT2D eigenvalue weighted by atomic mass is 10.1. The topological polar surface area (TPSA) is 38.1 Å². The minimum Gasteiger partial charge on any atom is -0.288 e. The van der Waals surface area contributed by atoms with Gasteiger partial charge in [0.05, 0.1) is 18.4 Å². The number of rotatable bonds is 3. The molecule has 1 aromatic rings. The first-order valence-corrected chi connectivity index (χ1v) is 4.46. The molecule has 0 spiro atoms. The van der Waals surface area contributed by atoms with E-state index in [0.29, 0.717) is 12.5 Å². The Bertz CT molecular complexity index is 277. The third-order valence-corrected chi connectivity index (χ3v) is 1.94. The Kier molecular flexibility index (Phi) is 3.55. The van der Waals surface area contributed by atoms with Crippen LogP contribution in [0.2, 0.25) is 0 Å². The van der Waals surface area contributed by atoms with E-state index in [2.05, 4.69) is 28.8 Å². The summed E-state index contributed by atoms with van der Waals surface area (Å²) < 4.78 is 0. The lowest BCUT2D eigenvalue weighted by molar-refractivity contribution is 0.853. The van der Waals surface area contributed by atoms with Crippen LogP contribution in [0.3, 0.4) is 0 Å². The number of aliphatic imine (C=N–C) groups is 1. The van der Waals surface area contributed by atoms with Crippen molar-refractivity contribution in [2.75, 3.05) is 0 Å². The van der Waals surface area contributed by atoms with Crippen molar-refractivity contribution in [3.05, 3.63) is 24.3 Å². The van der Waals surface area contributed by atoms with Crippen molar-refractivity contribution in [2.45, 2.75) is 27.3 Å². The molecule has 0 atom stereocenters. The largest absolute Gasteiger partial charge is 0.288 e. The highest BCUT2D eigenvalue weighted by molar-refractivity contribution is 5.83. The van der Waals surface area contributed by atoms with Gasteiger partial charge in [0.1, 0.15) is 0 Å². The van der Waals surface area contributed by atoms with Crippen LogP contribution < -0.4 is 0 Å². The van der Waals surface area contributed by atoms with Crippen LogP contribution in [0.4, 0.5) is 0 Å². The Morgan fingerprint density at radius 3 is 2.77 bits per heavy atom. The van der Waals surface area contributed by atoms with Gasteiger partial charge in [0.25, 0.3) is 0 Å². The highest BCUT2D eigenvalue weighted by Crippen LogP contribution is 1.99. The molecule has 0 saturated carbocycles. The van der Waals surface area contributed by atoms with Crippen LogP contribution in [0.25, 0.3) is 0 Å². The van der Waals surface area contributed by atoms with Gasteiger partial charge in [-0.2, -0.15) is 0 Å². The summed E-state index contributed by atoms with van der Waals surface area (Å²) in [6, 6.07) is 0. The number of hydrogen-bond acceptors (Lipinski definition) is 3. The Morgan fingerprint density at radius 2 is 2.23 bits per heavy atom. The van der Waals surface area contributed by atoms with Crippen LogP contribution in [-0.2, 0) is 6.54 Å². The van der Waals surface area contributed by atoms with E-state index in [1.165, 1.54) is 0 Å². The summed E-state index contributed by atoms with van der Waals surface area (Å²) in [6.45, 7) is 6.95. The maximum atomic E-state index is 4.41. The first-order chi connectivity index (χ1) is 6.20. The summed E-state index contributed by atoms with van der Waals surface area (Å²) in [4.78, 5) is 12.5.